The van der Waals surface area contributed by atoms with E-state index in [1.807, 2.05) is 0 Å². The van der Waals surface area contributed by atoms with E-state index in [-0.39, 0.29) is 18.3 Å². The van der Waals surface area contributed by atoms with E-state index in [2.05, 4.69) is 0 Å². The Labute approximate surface area is 167 Å². The highest BCUT2D eigenvalue weighted by Crippen LogP contribution is 2.43. The molecule has 0 aromatic rings. The molecule has 0 saturated carbocycles. The average molecular weight is 420 g/mol. The molecule has 166 valence electrons. The third-order valence-corrected chi connectivity index (χ3v) is 5.65. The summed E-state index contributed by atoms with van der Waals surface area (Å²) in [5.41, 5.74) is 0.309. The second-order valence-electron chi connectivity index (χ2n) is 7.33. The number of aliphatic hydroxyl groups is 4. The minimum Gasteiger partial charge on any atom is -0.472 e. The Hall–Kier alpha value is -1.31. The van der Waals surface area contributed by atoms with E-state index in [0.29, 0.717) is 5.57 Å². The number of carbonyl (C=O) groups is 1. The van der Waals surface area contributed by atoms with E-state index in [9.17, 15) is 25.2 Å². The first-order valence-electron chi connectivity index (χ1n) is 9.40. The predicted molar refractivity (Wildman–Crippen MR) is 92.8 cm³/mol. The van der Waals surface area contributed by atoms with Crippen molar-refractivity contribution in [1.82, 2.24) is 0 Å². The van der Waals surface area contributed by atoms with Gasteiger partial charge in [-0.05, 0) is 6.92 Å². The van der Waals surface area contributed by atoms with E-state index in [1.54, 1.807) is 6.92 Å². The molecule has 0 bridgehead atoms. The molecule has 3 rings (SSSR count). The van der Waals surface area contributed by atoms with Crippen molar-refractivity contribution in [2.45, 2.75) is 62.7 Å². The molecule has 0 aliphatic carbocycles. The largest absolute Gasteiger partial charge is 0.472 e. The van der Waals surface area contributed by atoms with Gasteiger partial charge in [-0.15, -0.1) is 0 Å². The second kappa shape index (κ2) is 9.23. The van der Waals surface area contributed by atoms with Crippen molar-refractivity contribution in [3.05, 3.63) is 11.8 Å². The average Bonchev–Trinajstić information content (AvgIpc) is 2.72. The first-order chi connectivity index (χ1) is 13.8. The van der Waals surface area contributed by atoms with Crippen molar-refractivity contribution in [2.75, 3.05) is 20.8 Å². The van der Waals surface area contributed by atoms with Gasteiger partial charge >= 0.3 is 5.97 Å². The lowest BCUT2D eigenvalue weighted by atomic mass is 9.77. The zero-order chi connectivity index (χ0) is 21.3. The summed E-state index contributed by atoms with van der Waals surface area (Å²) in [5, 5.41) is 39.3. The molecule has 2 fully saturated rings. The van der Waals surface area contributed by atoms with E-state index >= 15 is 0 Å². The molecule has 3 aliphatic rings. The van der Waals surface area contributed by atoms with Crippen molar-refractivity contribution in [3.63, 3.8) is 0 Å². The predicted octanol–water partition coefficient (Wildman–Crippen LogP) is -1.77. The van der Waals surface area contributed by atoms with Gasteiger partial charge in [0.25, 0.3) is 0 Å². The van der Waals surface area contributed by atoms with Gasteiger partial charge in [-0.25, -0.2) is 4.79 Å². The summed E-state index contributed by atoms with van der Waals surface area (Å²) in [7, 11) is 2.76. The number of hydrogen-bond donors (Lipinski definition) is 4. The maximum absolute atomic E-state index is 12.2. The normalized spacial score (nSPS) is 45.0. The minimum absolute atomic E-state index is 0.203. The van der Waals surface area contributed by atoms with Crippen molar-refractivity contribution in [1.29, 1.82) is 0 Å². The van der Waals surface area contributed by atoms with Gasteiger partial charge in [-0.1, -0.05) is 0 Å². The molecule has 29 heavy (non-hydrogen) atoms. The van der Waals surface area contributed by atoms with Crippen LogP contribution in [0.4, 0.5) is 0 Å². The molecular formula is C18H28O11. The highest BCUT2D eigenvalue weighted by molar-refractivity contribution is 5.88. The molecule has 11 heteroatoms. The Morgan fingerprint density at radius 3 is 2.48 bits per heavy atom. The van der Waals surface area contributed by atoms with Gasteiger partial charge in [0.15, 0.2) is 12.6 Å². The topological polar surface area (TPSA) is 153 Å². The Morgan fingerprint density at radius 1 is 1.14 bits per heavy atom. The summed E-state index contributed by atoms with van der Waals surface area (Å²) in [5.74, 6) is -1.23. The van der Waals surface area contributed by atoms with Gasteiger partial charge in [0.2, 0.25) is 6.29 Å². The van der Waals surface area contributed by atoms with Gasteiger partial charge in [0.05, 0.1) is 37.6 Å². The number of hydrogen-bond acceptors (Lipinski definition) is 11. The summed E-state index contributed by atoms with van der Waals surface area (Å²) in [6.45, 7) is 1.20. The third-order valence-electron chi connectivity index (χ3n) is 5.65. The quantitative estimate of drug-likeness (QED) is 0.374. The molecule has 0 aromatic heterocycles. The summed E-state index contributed by atoms with van der Waals surface area (Å²) in [4.78, 5) is 12.2. The number of methoxy groups -OCH3 is 2. The SMILES string of the molecule is COC(=O)C1=CO[C@H](OC)[C@@H]2[C@H](C)O[C@@H](O[C@H]3O[C@H](CO)[C@@H](O)[C@H](O)[C@H]3O)C[C@H]12. The van der Waals surface area contributed by atoms with Crippen LogP contribution in [0.3, 0.4) is 0 Å². The maximum Gasteiger partial charge on any atom is 0.337 e. The van der Waals surface area contributed by atoms with Crippen LogP contribution in [-0.2, 0) is 33.2 Å². The number of fused-ring (bicyclic) bond motifs is 1. The van der Waals surface area contributed by atoms with Crippen molar-refractivity contribution in [3.8, 4) is 0 Å². The minimum atomic E-state index is -1.56. The van der Waals surface area contributed by atoms with E-state index in [1.165, 1.54) is 20.5 Å². The van der Waals surface area contributed by atoms with Gasteiger partial charge < -0.3 is 48.8 Å². The second-order valence-corrected chi connectivity index (χ2v) is 7.33. The fourth-order valence-electron chi connectivity index (χ4n) is 4.09. The van der Waals surface area contributed by atoms with Gasteiger partial charge in [-0.2, -0.15) is 0 Å². The number of rotatable bonds is 5. The molecule has 0 amide bonds. The zero-order valence-electron chi connectivity index (χ0n) is 16.4. The van der Waals surface area contributed by atoms with Crippen molar-refractivity contribution in [2.24, 2.45) is 11.8 Å². The van der Waals surface area contributed by atoms with E-state index in [4.69, 9.17) is 28.4 Å². The lowest BCUT2D eigenvalue weighted by Crippen LogP contribution is -2.60. The monoisotopic (exact) mass is 420 g/mol. The smallest absolute Gasteiger partial charge is 0.337 e. The van der Waals surface area contributed by atoms with Crippen LogP contribution in [0.25, 0.3) is 0 Å². The Kier molecular flexibility index (Phi) is 7.12. The number of aliphatic hydroxyl groups excluding tert-OH is 4. The lowest BCUT2D eigenvalue weighted by Gasteiger charge is -2.47. The van der Waals surface area contributed by atoms with E-state index in [0.717, 1.165) is 0 Å². The number of ether oxygens (including phenoxy) is 6. The number of carbonyl (C=O) groups excluding carboxylic acids is 1. The molecule has 4 N–H and O–H groups in total. The fourth-order valence-corrected chi connectivity index (χ4v) is 4.09. The highest BCUT2D eigenvalue weighted by Gasteiger charge is 2.50. The molecule has 2 saturated heterocycles. The zero-order valence-corrected chi connectivity index (χ0v) is 16.4. The van der Waals surface area contributed by atoms with Crippen LogP contribution in [0.1, 0.15) is 13.3 Å². The summed E-state index contributed by atoms with van der Waals surface area (Å²) < 4.78 is 32.6. The molecule has 10 atom stereocenters. The first kappa shape index (κ1) is 22.4. The van der Waals surface area contributed by atoms with Crippen LogP contribution in [0.2, 0.25) is 0 Å². The third kappa shape index (κ3) is 4.28. The molecule has 11 nitrogen and oxygen atoms in total. The molecule has 0 aromatic carbocycles. The van der Waals surface area contributed by atoms with Gasteiger partial charge in [0.1, 0.15) is 24.4 Å². The molecule has 3 aliphatic heterocycles. The molecule has 0 radical (unpaired) electrons. The molecule has 0 unspecified atom stereocenters. The molecular weight excluding hydrogens is 392 g/mol. The Balaban J connectivity index is 1.76. The fraction of sp³-hybridized carbons (Fsp3) is 0.833. The molecule has 3 heterocycles. The standard InChI is InChI=1S/C18H28O11/c1-7-12-8(9(16(23)24-2)6-26-17(12)25-3)4-11(27-7)29-18-15(22)14(21)13(20)10(5-19)28-18/h6-8,10-15,17-22H,4-5H2,1-3H3/t7-,8+,10+,11-,12+,13+,14-,15+,17-,18+/m0/s1. The number of esters is 1. The summed E-state index contributed by atoms with van der Waals surface area (Å²) in [6.07, 6.45) is -7.53. The van der Waals surface area contributed by atoms with Crippen molar-refractivity contribution < 1.29 is 53.6 Å². The maximum atomic E-state index is 12.2. The van der Waals surface area contributed by atoms with Gasteiger partial charge in [0, 0.05) is 19.4 Å². The van der Waals surface area contributed by atoms with Crippen LogP contribution >= 0.6 is 0 Å². The molecule has 0 spiro atoms. The van der Waals surface area contributed by atoms with E-state index < -0.39 is 62.0 Å². The van der Waals surface area contributed by atoms with Gasteiger partial charge in [-0.3, -0.25) is 0 Å². The van der Waals surface area contributed by atoms with Crippen LogP contribution < -0.4 is 0 Å². The van der Waals surface area contributed by atoms with Crippen LogP contribution in [0.15, 0.2) is 11.8 Å². The highest BCUT2D eigenvalue weighted by atomic mass is 16.8. The van der Waals surface area contributed by atoms with Crippen LogP contribution in [0.5, 0.6) is 0 Å². The lowest BCUT2D eigenvalue weighted by molar-refractivity contribution is -0.356. The summed E-state index contributed by atoms with van der Waals surface area (Å²) >= 11 is 0. The Bertz CT molecular complexity index is 609. The summed E-state index contributed by atoms with van der Waals surface area (Å²) in [6, 6.07) is 0. The van der Waals surface area contributed by atoms with Crippen LogP contribution in [0, 0.1) is 11.8 Å². The first-order valence-corrected chi connectivity index (χ1v) is 9.40. The van der Waals surface area contributed by atoms with Crippen LogP contribution in [-0.4, -0.2) is 96.6 Å². The van der Waals surface area contributed by atoms with Crippen molar-refractivity contribution >= 4 is 5.97 Å². The Morgan fingerprint density at radius 2 is 1.86 bits per heavy atom.